The second kappa shape index (κ2) is 25.3. The van der Waals surface area contributed by atoms with E-state index in [1.54, 1.807) is 73.6 Å². The van der Waals surface area contributed by atoms with E-state index in [-0.39, 0.29) is 60.7 Å². The van der Waals surface area contributed by atoms with Gasteiger partial charge in [0.1, 0.15) is 41.0 Å². The SMILES string of the molecule is CN/N=C\c1ccc(F)c(CCc2ccc(-c3cn(C(C(C)C)C(CCCNC=O)C(=O)NC(CO)c4ccc(-c5ccccc5F)cc4)nn3)cc2)c1-c1c(C2CC2)cc2c(N3CC4CC3CN4)nc(OC[C@H](C)OC)nc2c1O. The Morgan fingerprint density at radius 1 is 0.963 bits per heavy atom. The number of aromatic nitrogens is 5. The van der Waals surface area contributed by atoms with E-state index in [1.165, 1.54) is 12.1 Å². The van der Waals surface area contributed by atoms with Crippen molar-refractivity contribution in [3.63, 3.8) is 0 Å². The third-order valence-corrected chi connectivity index (χ3v) is 16.1. The van der Waals surface area contributed by atoms with Crippen LogP contribution < -0.4 is 31.0 Å². The van der Waals surface area contributed by atoms with Gasteiger partial charge in [-0.15, -0.1) is 5.10 Å². The summed E-state index contributed by atoms with van der Waals surface area (Å²) in [6, 6.07) is 26.2. The quantitative estimate of drug-likeness (QED) is 0.0130. The summed E-state index contributed by atoms with van der Waals surface area (Å²) < 4.78 is 44.7. The molecule has 19 heteroatoms. The number of aliphatic hydroxyl groups is 1. The first-order valence-corrected chi connectivity index (χ1v) is 28.1. The number of aromatic hydroxyl groups is 1. The summed E-state index contributed by atoms with van der Waals surface area (Å²) in [4.78, 5) is 37.8. The molecule has 7 aromatic rings. The molecule has 1 saturated carbocycles. The number of benzene rings is 5. The molecule has 5 aromatic carbocycles. The Hall–Kier alpha value is -7.87. The number of fused-ring (bicyclic) bond motifs is 3. The molecule has 17 nitrogen and oxygen atoms in total. The highest BCUT2D eigenvalue weighted by atomic mass is 19.1. The maximum atomic E-state index is 16.7. The Bertz CT molecular complexity index is 3370. The van der Waals surface area contributed by atoms with Crippen LogP contribution in [0.4, 0.5) is 14.6 Å². The molecule has 2 bridgehead atoms. The number of aliphatic hydroxyl groups excluding tert-OH is 1. The molecule has 4 heterocycles. The first-order chi connectivity index (χ1) is 39.4. The monoisotopic (exact) mass is 1100 g/mol. The van der Waals surface area contributed by atoms with E-state index in [0.717, 1.165) is 54.4 Å². The highest BCUT2D eigenvalue weighted by molar-refractivity contribution is 6.03. The number of hydrogen-bond acceptors (Lipinski definition) is 14. The van der Waals surface area contributed by atoms with Crippen molar-refractivity contribution in [3.05, 3.63) is 137 Å². The van der Waals surface area contributed by atoms with Crippen LogP contribution in [0.25, 0.3) is 44.4 Å². The average molecular weight is 1100 g/mol. The van der Waals surface area contributed by atoms with Gasteiger partial charge < -0.3 is 46.0 Å². The second-order valence-corrected chi connectivity index (χ2v) is 21.8. The molecule has 1 aliphatic carbocycles. The van der Waals surface area contributed by atoms with E-state index >= 15 is 4.39 Å². The van der Waals surface area contributed by atoms with Crippen LogP contribution in [0.5, 0.6) is 11.8 Å². The van der Waals surface area contributed by atoms with Gasteiger partial charge in [0.25, 0.3) is 0 Å². The molecule has 0 radical (unpaired) electrons. The lowest BCUT2D eigenvalue weighted by Crippen LogP contribution is -2.44. The number of hydrazone groups is 1. The predicted octanol–water partition coefficient (Wildman–Crippen LogP) is 8.58. The number of rotatable bonds is 26. The number of carbonyl (C=O) groups excluding carboxylic acids is 2. The van der Waals surface area contributed by atoms with Gasteiger partial charge in [-0.05, 0) is 116 Å². The fourth-order valence-corrected chi connectivity index (χ4v) is 11.7. The number of nitrogens with one attached hydrogen (secondary N) is 4. The van der Waals surface area contributed by atoms with Crippen LogP contribution in [0.15, 0.2) is 102 Å². The third-order valence-electron chi connectivity index (χ3n) is 16.1. The lowest BCUT2D eigenvalue weighted by atomic mass is 9.85. The largest absolute Gasteiger partial charge is 0.505 e. The van der Waals surface area contributed by atoms with Gasteiger partial charge in [-0.1, -0.05) is 85.8 Å². The molecular formula is C62H71F2N11O6. The van der Waals surface area contributed by atoms with Crippen molar-refractivity contribution in [1.29, 1.82) is 0 Å². The predicted molar refractivity (Wildman–Crippen MR) is 308 cm³/mol. The van der Waals surface area contributed by atoms with Crippen molar-refractivity contribution in [2.45, 2.75) is 102 Å². The fraction of sp³-hybridized carbons (Fsp3) is 0.403. The normalized spacial score (nSPS) is 17.4. The first-order valence-electron chi connectivity index (χ1n) is 28.1. The van der Waals surface area contributed by atoms with Crippen LogP contribution in [0.2, 0.25) is 0 Å². The van der Waals surface area contributed by atoms with Crippen LogP contribution in [0.3, 0.4) is 0 Å². The van der Waals surface area contributed by atoms with Crippen molar-refractivity contribution >= 4 is 35.3 Å². The zero-order valence-electron chi connectivity index (χ0n) is 46.4. The number of ether oxygens (including phenoxy) is 2. The number of carbonyl (C=O) groups is 2. The Balaban J connectivity index is 0.919. The van der Waals surface area contributed by atoms with Gasteiger partial charge in [0, 0.05) is 79.1 Å². The summed E-state index contributed by atoms with van der Waals surface area (Å²) >= 11 is 0. The lowest BCUT2D eigenvalue weighted by molar-refractivity contribution is -0.128. The van der Waals surface area contributed by atoms with Crippen LogP contribution in [0.1, 0.15) is 98.7 Å². The molecule has 2 amide bonds. The lowest BCUT2D eigenvalue weighted by Gasteiger charge is -2.31. The van der Waals surface area contributed by atoms with E-state index in [9.17, 15) is 24.2 Å². The van der Waals surface area contributed by atoms with Gasteiger partial charge in [0.2, 0.25) is 12.3 Å². The maximum Gasteiger partial charge on any atom is 0.319 e. The highest BCUT2D eigenvalue weighted by Crippen LogP contribution is 2.52. The topological polar surface area (TPSA) is 213 Å². The van der Waals surface area contributed by atoms with Gasteiger partial charge in [0.05, 0.1) is 43.1 Å². The second-order valence-electron chi connectivity index (χ2n) is 21.8. The molecule has 3 aliphatic rings. The Labute approximate surface area is 470 Å². The number of methoxy groups -OCH3 is 1. The number of hydrogen-bond donors (Lipinski definition) is 6. The van der Waals surface area contributed by atoms with Crippen LogP contribution in [-0.4, -0.2) is 119 Å². The van der Waals surface area contributed by atoms with E-state index in [0.29, 0.717) is 101 Å². The molecule has 10 rings (SSSR count). The summed E-state index contributed by atoms with van der Waals surface area (Å²) in [5.41, 5.74) is 10.3. The minimum atomic E-state index is -0.744. The number of nitrogens with zero attached hydrogens (tertiary/aromatic N) is 7. The Kier molecular flexibility index (Phi) is 17.6. The number of anilines is 1. The van der Waals surface area contributed by atoms with Crippen molar-refractivity contribution < 1.29 is 38.1 Å². The van der Waals surface area contributed by atoms with E-state index < -0.39 is 23.8 Å². The highest BCUT2D eigenvalue weighted by Gasteiger charge is 2.41. The van der Waals surface area contributed by atoms with Crippen molar-refractivity contribution in [2.75, 3.05) is 51.9 Å². The van der Waals surface area contributed by atoms with Gasteiger partial charge in [-0.3, -0.25) is 9.59 Å². The summed E-state index contributed by atoms with van der Waals surface area (Å²) in [5.74, 6) is -0.989. The average Bonchev–Trinajstić information content (AvgIpc) is 3.76. The summed E-state index contributed by atoms with van der Waals surface area (Å²) in [7, 11) is 3.31. The standard InChI is InChI=1S/C62H71F2N11O6/c1-36(2)58(48(10-8-26-66-35-77)61(79)69-54(33-76)42-21-19-39(20-22-42)46-9-6-7-11-51(46)63)75-32-53(72-73-75)41-15-12-38(13-16-41)14-24-47-52(64)25-23-43(29-68-65-4)55(47)56-49(40-17-18-40)28-50-57(59(56)78)70-62(81-34-37(3)80-5)71-60(50)74-31-44-27-45(74)30-67-44/h6-7,9,11-13,15-16,19-23,25,28-29,32,35-37,40,44-45,48,54,58,65,67,76,78H,8,10,14,17-18,24,26-27,30-31,33-34H2,1-5H3,(H,66,77)(H,69,79)/b68-29-/t37-,44?,45?,48?,54?,58?/m0/s1. The zero-order valence-corrected chi connectivity index (χ0v) is 46.4. The minimum Gasteiger partial charge on any atom is -0.505 e. The smallest absolute Gasteiger partial charge is 0.319 e. The van der Waals surface area contributed by atoms with Crippen molar-refractivity contribution in [2.24, 2.45) is 16.9 Å². The molecule has 424 valence electrons. The summed E-state index contributed by atoms with van der Waals surface area (Å²) in [6.45, 7) is 7.72. The Morgan fingerprint density at radius 2 is 1.74 bits per heavy atom. The van der Waals surface area contributed by atoms with Crippen molar-refractivity contribution in [1.82, 2.24) is 46.3 Å². The molecule has 0 spiro atoms. The van der Waals surface area contributed by atoms with Gasteiger partial charge in [-0.2, -0.15) is 15.1 Å². The number of piperazine rings is 1. The zero-order chi connectivity index (χ0) is 56.7. The van der Waals surface area contributed by atoms with Gasteiger partial charge in [0.15, 0.2) is 0 Å². The van der Waals surface area contributed by atoms with Crippen LogP contribution in [0, 0.1) is 23.5 Å². The number of halogens is 2. The number of amides is 2. The minimum absolute atomic E-state index is 0.0610. The molecule has 6 N–H and O–H groups in total. The molecular weight excluding hydrogens is 1030 g/mol. The number of phenolic OH excluding ortho intramolecular Hbond substituents is 1. The number of phenols is 1. The van der Waals surface area contributed by atoms with Crippen LogP contribution >= 0.6 is 0 Å². The van der Waals surface area contributed by atoms with Gasteiger partial charge in [-0.25, -0.2) is 13.5 Å². The fourth-order valence-electron chi connectivity index (χ4n) is 11.7. The van der Waals surface area contributed by atoms with E-state index in [4.69, 9.17) is 19.4 Å². The van der Waals surface area contributed by atoms with E-state index in [2.05, 4.69) is 47.8 Å². The Morgan fingerprint density at radius 3 is 2.42 bits per heavy atom. The summed E-state index contributed by atoms with van der Waals surface area (Å²) in [6.07, 6.45) is 8.39. The van der Waals surface area contributed by atoms with Crippen molar-refractivity contribution in [3.8, 4) is 45.3 Å². The van der Waals surface area contributed by atoms with Crippen LogP contribution in [-0.2, 0) is 27.2 Å². The molecule has 81 heavy (non-hydrogen) atoms. The number of aryl methyl sites for hydroxylation is 1. The summed E-state index contributed by atoms with van der Waals surface area (Å²) in [5, 5.41) is 46.9. The first kappa shape index (κ1) is 56.4. The molecule has 5 unspecified atom stereocenters. The maximum absolute atomic E-state index is 16.7. The molecule has 3 fully saturated rings. The molecule has 2 aromatic heterocycles. The van der Waals surface area contributed by atoms with Gasteiger partial charge >= 0.3 is 6.01 Å². The third kappa shape index (κ3) is 12.4. The van der Waals surface area contributed by atoms with E-state index in [1.807, 2.05) is 51.2 Å². The molecule has 6 atom stereocenters. The molecule has 2 aliphatic heterocycles. The molecule has 2 saturated heterocycles.